The standard InChI is InChI=1S/C12H20N4O.2ClH/c1-13-7-6-12(17)15-9-10-4-5-11(14-8-10)16(2)3;;/h4-5,8,13H,6-7,9H2,1-3H3,(H,15,17);2*1H. The molecule has 0 unspecified atom stereocenters. The van der Waals surface area contributed by atoms with Crippen molar-refractivity contribution in [1.82, 2.24) is 15.6 Å². The van der Waals surface area contributed by atoms with E-state index < -0.39 is 0 Å². The summed E-state index contributed by atoms with van der Waals surface area (Å²) in [6, 6.07) is 3.91. The number of rotatable bonds is 6. The van der Waals surface area contributed by atoms with Gasteiger partial charge in [-0.05, 0) is 18.7 Å². The third kappa shape index (κ3) is 7.87. The largest absolute Gasteiger partial charge is 0.363 e. The smallest absolute Gasteiger partial charge is 0.221 e. The van der Waals surface area contributed by atoms with Crippen molar-refractivity contribution in [3.05, 3.63) is 23.9 Å². The first-order valence-corrected chi connectivity index (χ1v) is 5.67. The quantitative estimate of drug-likeness (QED) is 0.829. The van der Waals surface area contributed by atoms with Gasteiger partial charge >= 0.3 is 0 Å². The zero-order chi connectivity index (χ0) is 12.7. The molecule has 5 nitrogen and oxygen atoms in total. The van der Waals surface area contributed by atoms with Gasteiger partial charge in [0.2, 0.25) is 5.91 Å². The molecule has 7 heteroatoms. The van der Waals surface area contributed by atoms with E-state index in [0.29, 0.717) is 19.5 Å². The van der Waals surface area contributed by atoms with E-state index in [1.807, 2.05) is 38.2 Å². The molecule has 0 atom stereocenters. The van der Waals surface area contributed by atoms with Crippen LogP contribution < -0.4 is 15.5 Å². The number of carbonyl (C=O) groups is 1. The summed E-state index contributed by atoms with van der Waals surface area (Å²) in [7, 11) is 5.72. The van der Waals surface area contributed by atoms with Crippen molar-refractivity contribution >= 4 is 36.5 Å². The van der Waals surface area contributed by atoms with Crippen molar-refractivity contribution in [2.45, 2.75) is 13.0 Å². The lowest BCUT2D eigenvalue weighted by Crippen LogP contribution is -2.26. The Labute approximate surface area is 127 Å². The Bertz CT molecular complexity index is 357. The highest BCUT2D eigenvalue weighted by molar-refractivity contribution is 5.85. The predicted octanol–water partition coefficient (Wildman–Crippen LogP) is 1.22. The van der Waals surface area contributed by atoms with Gasteiger partial charge in [0.05, 0.1) is 0 Å². The number of nitrogens with one attached hydrogen (secondary N) is 2. The predicted molar refractivity (Wildman–Crippen MR) is 83.5 cm³/mol. The first-order valence-electron chi connectivity index (χ1n) is 5.67. The maximum atomic E-state index is 11.4. The third-order valence-corrected chi connectivity index (χ3v) is 2.36. The average Bonchev–Trinajstić information content (AvgIpc) is 2.34. The summed E-state index contributed by atoms with van der Waals surface area (Å²) in [6.07, 6.45) is 2.29. The second-order valence-corrected chi connectivity index (χ2v) is 4.05. The van der Waals surface area contributed by atoms with Gasteiger partial charge in [-0.15, -0.1) is 24.8 Å². The molecule has 1 rings (SSSR count). The second-order valence-electron chi connectivity index (χ2n) is 4.05. The van der Waals surface area contributed by atoms with E-state index in [1.165, 1.54) is 0 Å². The van der Waals surface area contributed by atoms with E-state index in [-0.39, 0.29) is 30.7 Å². The number of aromatic nitrogens is 1. The topological polar surface area (TPSA) is 57.3 Å². The van der Waals surface area contributed by atoms with Gasteiger partial charge in [0, 0.05) is 39.8 Å². The molecule has 0 saturated heterocycles. The van der Waals surface area contributed by atoms with E-state index >= 15 is 0 Å². The number of pyridine rings is 1. The van der Waals surface area contributed by atoms with Crippen molar-refractivity contribution in [3.8, 4) is 0 Å². The molecule has 19 heavy (non-hydrogen) atoms. The van der Waals surface area contributed by atoms with Gasteiger partial charge in [-0.3, -0.25) is 4.79 Å². The highest BCUT2D eigenvalue weighted by Gasteiger charge is 2.01. The summed E-state index contributed by atoms with van der Waals surface area (Å²) in [6.45, 7) is 1.23. The van der Waals surface area contributed by atoms with E-state index in [9.17, 15) is 4.79 Å². The van der Waals surface area contributed by atoms with Gasteiger partial charge in [0.25, 0.3) is 0 Å². The van der Waals surface area contributed by atoms with Crippen molar-refractivity contribution < 1.29 is 4.79 Å². The van der Waals surface area contributed by atoms with Crippen molar-refractivity contribution in [2.24, 2.45) is 0 Å². The molecule has 110 valence electrons. The molecule has 0 fully saturated rings. The summed E-state index contributed by atoms with van der Waals surface area (Å²) < 4.78 is 0. The van der Waals surface area contributed by atoms with Crippen LogP contribution in [0.4, 0.5) is 5.82 Å². The van der Waals surface area contributed by atoms with E-state index in [4.69, 9.17) is 0 Å². The molecular formula is C12H22Cl2N4O. The van der Waals surface area contributed by atoms with E-state index in [0.717, 1.165) is 11.4 Å². The van der Waals surface area contributed by atoms with E-state index in [2.05, 4.69) is 15.6 Å². The molecule has 2 N–H and O–H groups in total. The van der Waals surface area contributed by atoms with Crippen LogP contribution >= 0.6 is 24.8 Å². The number of hydrogen-bond donors (Lipinski definition) is 2. The van der Waals surface area contributed by atoms with Gasteiger partial charge in [-0.1, -0.05) is 6.07 Å². The lowest BCUT2D eigenvalue weighted by atomic mass is 10.2. The minimum atomic E-state index is 0. The average molecular weight is 309 g/mol. The zero-order valence-electron chi connectivity index (χ0n) is 11.5. The first kappa shape index (κ1) is 20.3. The molecule has 1 aromatic heterocycles. The Morgan fingerprint density at radius 2 is 2.00 bits per heavy atom. The van der Waals surface area contributed by atoms with Crippen LogP contribution in [-0.2, 0) is 11.3 Å². The molecule has 1 aromatic rings. The van der Waals surface area contributed by atoms with Crippen LogP contribution in [0.1, 0.15) is 12.0 Å². The molecule has 0 aliphatic heterocycles. The van der Waals surface area contributed by atoms with Crippen molar-refractivity contribution in [1.29, 1.82) is 0 Å². The number of nitrogens with zero attached hydrogens (tertiary/aromatic N) is 2. The Kier molecular flexibility index (Phi) is 11.6. The van der Waals surface area contributed by atoms with Gasteiger partial charge in [-0.2, -0.15) is 0 Å². The molecule has 0 aliphatic rings. The van der Waals surface area contributed by atoms with Crippen LogP contribution in [0.3, 0.4) is 0 Å². The monoisotopic (exact) mass is 308 g/mol. The minimum absolute atomic E-state index is 0. The fourth-order valence-corrected chi connectivity index (χ4v) is 1.31. The Morgan fingerprint density at radius 1 is 1.32 bits per heavy atom. The SMILES string of the molecule is CNCCC(=O)NCc1ccc(N(C)C)nc1.Cl.Cl. The highest BCUT2D eigenvalue weighted by atomic mass is 35.5. The van der Waals surface area contributed by atoms with Crippen LogP contribution in [0.5, 0.6) is 0 Å². The summed E-state index contributed by atoms with van der Waals surface area (Å²) in [5, 5.41) is 5.79. The third-order valence-electron chi connectivity index (χ3n) is 2.36. The van der Waals surface area contributed by atoms with Gasteiger partial charge in [0.15, 0.2) is 0 Å². The molecule has 1 heterocycles. The number of hydrogen-bond acceptors (Lipinski definition) is 4. The Morgan fingerprint density at radius 3 is 2.47 bits per heavy atom. The lowest BCUT2D eigenvalue weighted by Gasteiger charge is -2.11. The molecule has 0 saturated carbocycles. The molecule has 0 aromatic carbocycles. The fraction of sp³-hybridized carbons (Fsp3) is 0.500. The van der Waals surface area contributed by atoms with Gasteiger partial charge in [-0.25, -0.2) is 4.98 Å². The number of amides is 1. The highest BCUT2D eigenvalue weighted by Crippen LogP contribution is 2.07. The lowest BCUT2D eigenvalue weighted by molar-refractivity contribution is -0.121. The van der Waals surface area contributed by atoms with Gasteiger partial charge < -0.3 is 15.5 Å². The van der Waals surface area contributed by atoms with Crippen molar-refractivity contribution in [2.75, 3.05) is 32.6 Å². The van der Waals surface area contributed by atoms with E-state index in [1.54, 1.807) is 6.20 Å². The second kappa shape index (κ2) is 10.8. The Balaban J connectivity index is 0. The van der Waals surface area contributed by atoms with Gasteiger partial charge in [0.1, 0.15) is 5.82 Å². The number of carbonyl (C=O) groups excluding carboxylic acids is 1. The van der Waals surface area contributed by atoms with Crippen LogP contribution in [-0.4, -0.2) is 38.6 Å². The maximum absolute atomic E-state index is 11.4. The minimum Gasteiger partial charge on any atom is -0.363 e. The molecule has 1 amide bonds. The number of anilines is 1. The molecule has 0 bridgehead atoms. The van der Waals surface area contributed by atoms with Crippen LogP contribution in [0, 0.1) is 0 Å². The van der Waals surface area contributed by atoms with Crippen LogP contribution in [0.2, 0.25) is 0 Å². The molecule has 0 spiro atoms. The van der Waals surface area contributed by atoms with Crippen molar-refractivity contribution in [3.63, 3.8) is 0 Å². The summed E-state index contributed by atoms with van der Waals surface area (Å²) in [4.78, 5) is 17.6. The molecular weight excluding hydrogens is 287 g/mol. The fourth-order valence-electron chi connectivity index (χ4n) is 1.31. The zero-order valence-corrected chi connectivity index (χ0v) is 13.1. The Hall–Kier alpha value is -1.04. The number of halogens is 2. The summed E-state index contributed by atoms with van der Waals surface area (Å²) in [5.74, 6) is 0.964. The first-order chi connectivity index (χ1) is 8.13. The van der Waals surface area contributed by atoms with Crippen LogP contribution in [0.25, 0.3) is 0 Å². The maximum Gasteiger partial charge on any atom is 0.221 e. The normalized spacial score (nSPS) is 9.00. The summed E-state index contributed by atoms with van der Waals surface area (Å²) in [5.41, 5.74) is 1.01. The molecule has 0 radical (unpaired) electrons. The summed E-state index contributed by atoms with van der Waals surface area (Å²) >= 11 is 0. The van der Waals surface area contributed by atoms with Crippen LogP contribution in [0.15, 0.2) is 18.3 Å². The molecule has 0 aliphatic carbocycles.